The van der Waals surface area contributed by atoms with E-state index < -0.39 is 0 Å². The van der Waals surface area contributed by atoms with Crippen LogP contribution < -0.4 is 5.32 Å². The van der Waals surface area contributed by atoms with Gasteiger partial charge in [0, 0.05) is 12.5 Å². The van der Waals surface area contributed by atoms with Crippen molar-refractivity contribution in [3.05, 3.63) is 35.1 Å². The molecule has 1 aromatic carbocycles. The number of nitrogens with one attached hydrogen (secondary N) is 1. The maximum Gasteiger partial charge on any atom is 0.123 e. The van der Waals surface area contributed by atoms with Crippen LogP contribution in [0.5, 0.6) is 0 Å². The van der Waals surface area contributed by atoms with Crippen molar-refractivity contribution < 1.29 is 4.39 Å². The maximum atomic E-state index is 13.0. The van der Waals surface area contributed by atoms with Gasteiger partial charge in [0.25, 0.3) is 0 Å². The standard InChI is InChI=1S/C15H18FN/c1-2-3-4-5-10-17-15-9-6-12-11-13(16)7-8-14(12)15/h1,7-8,11,15,17H,3-6,9-10H2. The summed E-state index contributed by atoms with van der Waals surface area (Å²) in [5.74, 6) is 2.52. The first-order valence-electron chi connectivity index (χ1n) is 6.26. The quantitative estimate of drug-likeness (QED) is 0.606. The van der Waals surface area contributed by atoms with Gasteiger partial charge in [-0.05, 0) is 55.5 Å². The van der Waals surface area contributed by atoms with E-state index >= 15 is 0 Å². The summed E-state index contributed by atoms with van der Waals surface area (Å²) in [5, 5.41) is 3.53. The van der Waals surface area contributed by atoms with Gasteiger partial charge in [-0.25, -0.2) is 4.39 Å². The van der Waals surface area contributed by atoms with Crippen LogP contribution in [0, 0.1) is 18.2 Å². The summed E-state index contributed by atoms with van der Waals surface area (Å²) < 4.78 is 13.0. The van der Waals surface area contributed by atoms with Crippen molar-refractivity contribution in [2.45, 2.75) is 38.1 Å². The van der Waals surface area contributed by atoms with Gasteiger partial charge in [-0.3, -0.25) is 0 Å². The Morgan fingerprint density at radius 2 is 2.29 bits per heavy atom. The van der Waals surface area contributed by atoms with Crippen LogP contribution in [-0.2, 0) is 6.42 Å². The molecule has 0 saturated carbocycles. The van der Waals surface area contributed by atoms with Crippen molar-refractivity contribution in [3.8, 4) is 12.3 Å². The first-order chi connectivity index (χ1) is 8.31. The summed E-state index contributed by atoms with van der Waals surface area (Å²) in [6.07, 6.45) is 10.3. The molecule has 0 bridgehead atoms. The Hall–Kier alpha value is -1.33. The highest BCUT2D eigenvalue weighted by Crippen LogP contribution is 2.31. The SMILES string of the molecule is C#CCCCCNC1CCc2cc(F)ccc21. The predicted molar refractivity (Wildman–Crippen MR) is 68.1 cm³/mol. The number of rotatable bonds is 5. The van der Waals surface area contributed by atoms with Gasteiger partial charge in [0.15, 0.2) is 0 Å². The summed E-state index contributed by atoms with van der Waals surface area (Å²) in [4.78, 5) is 0. The smallest absolute Gasteiger partial charge is 0.123 e. The van der Waals surface area contributed by atoms with Gasteiger partial charge >= 0.3 is 0 Å². The Kier molecular flexibility index (Phi) is 4.17. The third kappa shape index (κ3) is 3.08. The molecule has 0 aromatic heterocycles. The maximum absolute atomic E-state index is 13.0. The van der Waals surface area contributed by atoms with Gasteiger partial charge in [0.1, 0.15) is 5.82 Å². The molecule has 1 nitrogen and oxygen atoms in total. The topological polar surface area (TPSA) is 12.0 Å². The molecule has 2 rings (SSSR count). The Balaban J connectivity index is 1.83. The zero-order valence-electron chi connectivity index (χ0n) is 10.0. The predicted octanol–water partition coefficient (Wildman–Crippen LogP) is 3.21. The molecule has 1 aromatic rings. The van der Waals surface area contributed by atoms with E-state index in [1.165, 1.54) is 5.56 Å². The van der Waals surface area contributed by atoms with Crippen molar-refractivity contribution >= 4 is 0 Å². The fraction of sp³-hybridized carbons (Fsp3) is 0.467. The highest BCUT2D eigenvalue weighted by Gasteiger charge is 2.21. The zero-order valence-corrected chi connectivity index (χ0v) is 10.0. The Labute approximate surface area is 102 Å². The molecule has 0 saturated heterocycles. The number of benzene rings is 1. The largest absolute Gasteiger partial charge is 0.310 e. The van der Waals surface area contributed by atoms with Gasteiger partial charge in [0.05, 0.1) is 0 Å². The Bertz CT molecular complexity index is 419. The number of aryl methyl sites for hydroxylation is 1. The average molecular weight is 231 g/mol. The molecule has 1 N–H and O–H groups in total. The summed E-state index contributed by atoms with van der Waals surface area (Å²) in [6.45, 7) is 0.989. The Morgan fingerprint density at radius 3 is 3.12 bits per heavy atom. The summed E-state index contributed by atoms with van der Waals surface area (Å²) >= 11 is 0. The first-order valence-corrected chi connectivity index (χ1v) is 6.26. The van der Waals surface area contributed by atoms with E-state index in [0.717, 1.165) is 44.2 Å². The third-order valence-electron chi connectivity index (χ3n) is 3.32. The lowest BCUT2D eigenvalue weighted by molar-refractivity contribution is 0.514. The second kappa shape index (κ2) is 5.84. The van der Waals surface area contributed by atoms with E-state index in [0.29, 0.717) is 6.04 Å². The summed E-state index contributed by atoms with van der Waals surface area (Å²) in [5.41, 5.74) is 2.43. The minimum Gasteiger partial charge on any atom is -0.310 e. The van der Waals surface area contributed by atoms with Gasteiger partial charge in [-0.1, -0.05) is 6.07 Å². The van der Waals surface area contributed by atoms with E-state index in [1.54, 1.807) is 12.1 Å². The van der Waals surface area contributed by atoms with Crippen LogP contribution in [-0.4, -0.2) is 6.54 Å². The molecule has 0 heterocycles. The molecule has 0 radical (unpaired) electrons. The van der Waals surface area contributed by atoms with Crippen LogP contribution in [0.15, 0.2) is 18.2 Å². The number of fused-ring (bicyclic) bond motifs is 1. The molecule has 1 unspecified atom stereocenters. The molecule has 0 spiro atoms. The van der Waals surface area contributed by atoms with Crippen molar-refractivity contribution in [2.75, 3.05) is 6.54 Å². The number of terminal acetylenes is 1. The monoisotopic (exact) mass is 231 g/mol. The number of halogens is 1. The third-order valence-corrected chi connectivity index (χ3v) is 3.32. The highest BCUT2D eigenvalue weighted by molar-refractivity contribution is 5.34. The van der Waals surface area contributed by atoms with E-state index in [4.69, 9.17) is 6.42 Å². The van der Waals surface area contributed by atoms with Crippen LogP contribution in [0.4, 0.5) is 4.39 Å². The molecule has 0 amide bonds. The van der Waals surface area contributed by atoms with E-state index in [-0.39, 0.29) is 5.82 Å². The van der Waals surface area contributed by atoms with Crippen molar-refractivity contribution in [1.82, 2.24) is 5.32 Å². The van der Waals surface area contributed by atoms with Gasteiger partial charge < -0.3 is 5.32 Å². The minimum atomic E-state index is -0.126. The number of hydrogen-bond donors (Lipinski definition) is 1. The van der Waals surface area contributed by atoms with Gasteiger partial charge in [-0.15, -0.1) is 12.3 Å². The van der Waals surface area contributed by atoms with E-state index in [1.807, 2.05) is 6.07 Å². The van der Waals surface area contributed by atoms with Crippen LogP contribution in [0.3, 0.4) is 0 Å². The van der Waals surface area contributed by atoms with Crippen LogP contribution in [0.2, 0.25) is 0 Å². The van der Waals surface area contributed by atoms with E-state index in [9.17, 15) is 4.39 Å². The molecular formula is C15H18FN. The lowest BCUT2D eigenvalue weighted by Gasteiger charge is -2.13. The van der Waals surface area contributed by atoms with Crippen molar-refractivity contribution in [2.24, 2.45) is 0 Å². The van der Waals surface area contributed by atoms with Gasteiger partial charge in [0.2, 0.25) is 0 Å². The first kappa shape index (κ1) is 12.1. The average Bonchev–Trinajstić information content (AvgIpc) is 2.71. The molecule has 2 heteroatoms. The second-order valence-corrected chi connectivity index (χ2v) is 4.55. The molecular weight excluding hydrogens is 213 g/mol. The summed E-state index contributed by atoms with van der Waals surface area (Å²) in [7, 11) is 0. The number of unbranched alkanes of at least 4 members (excludes halogenated alkanes) is 2. The minimum absolute atomic E-state index is 0.126. The van der Waals surface area contributed by atoms with E-state index in [2.05, 4.69) is 11.2 Å². The number of hydrogen-bond acceptors (Lipinski definition) is 1. The molecule has 0 fully saturated rings. The molecule has 0 aliphatic heterocycles. The van der Waals surface area contributed by atoms with Gasteiger partial charge in [-0.2, -0.15) is 0 Å². The lowest BCUT2D eigenvalue weighted by Crippen LogP contribution is -2.20. The molecule has 90 valence electrons. The normalized spacial score (nSPS) is 17.8. The highest BCUT2D eigenvalue weighted by atomic mass is 19.1. The molecule has 1 aliphatic carbocycles. The Morgan fingerprint density at radius 1 is 1.41 bits per heavy atom. The van der Waals surface area contributed by atoms with Crippen molar-refractivity contribution in [1.29, 1.82) is 0 Å². The summed E-state index contributed by atoms with van der Waals surface area (Å²) in [6, 6.07) is 5.53. The fourth-order valence-corrected chi connectivity index (χ4v) is 2.43. The lowest BCUT2D eigenvalue weighted by atomic mass is 10.1. The van der Waals surface area contributed by atoms with Crippen LogP contribution >= 0.6 is 0 Å². The van der Waals surface area contributed by atoms with Crippen LogP contribution in [0.25, 0.3) is 0 Å². The van der Waals surface area contributed by atoms with Crippen molar-refractivity contribution in [3.63, 3.8) is 0 Å². The second-order valence-electron chi connectivity index (χ2n) is 4.55. The molecule has 1 aliphatic rings. The molecule has 1 atom stereocenters. The van der Waals surface area contributed by atoms with Crippen LogP contribution in [0.1, 0.15) is 42.9 Å². The molecule has 17 heavy (non-hydrogen) atoms. The zero-order chi connectivity index (χ0) is 12.1. The fourth-order valence-electron chi connectivity index (χ4n) is 2.43.